The number of carbonyl (C=O) groups is 1. The van der Waals surface area contributed by atoms with Crippen LogP contribution in [0.2, 0.25) is 0 Å². The lowest BCUT2D eigenvalue weighted by molar-refractivity contribution is -0.106. The van der Waals surface area contributed by atoms with Crippen molar-refractivity contribution in [3.8, 4) is 0 Å². The van der Waals surface area contributed by atoms with Crippen LogP contribution in [0.25, 0.3) is 0 Å². The van der Waals surface area contributed by atoms with Crippen molar-refractivity contribution in [1.82, 2.24) is 0 Å². The summed E-state index contributed by atoms with van der Waals surface area (Å²) in [7, 11) is 0. The fraction of sp³-hybridized carbons (Fsp3) is 0.571. The minimum Gasteiger partial charge on any atom is -0.387 e. The molecule has 0 aliphatic rings. The molecular weight excluding hydrogens is 156 g/mol. The third-order valence-corrected chi connectivity index (χ3v) is 1.19. The Labute approximate surface area is 71.6 Å². The Hall–Kier alpha value is -1.39. The van der Waals surface area contributed by atoms with E-state index < -0.39 is 0 Å². The van der Waals surface area contributed by atoms with Gasteiger partial charge in [0.25, 0.3) is 0 Å². The largest absolute Gasteiger partial charge is 0.387 e. The van der Waals surface area contributed by atoms with E-state index in [1.54, 1.807) is 0 Å². The smallest absolute Gasteiger partial charge is 0.236 e. The minimum atomic E-state index is -0.261. The molecule has 5 heteroatoms. The van der Waals surface area contributed by atoms with Crippen LogP contribution >= 0.6 is 0 Å². The summed E-state index contributed by atoms with van der Waals surface area (Å²) in [6.07, 6.45) is 0.328. The number of carbonyl (C=O) groups excluding carboxylic acids is 1. The van der Waals surface area contributed by atoms with Gasteiger partial charge in [-0.2, -0.15) is 4.99 Å². The Balaban J connectivity index is 4.57. The van der Waals surface area contributed by atoms with Crippen LogP contribution in [0.4, 0.5) is 0 Å². The zero-order valence-corrected chi connectivity index (χ0v) is 7.53. The summed E-state index contributed by atoms with van der Waals surface area (Å²) in [5.41, 5.74) is 10.5. The van der Waals surface area contributed by atoms with Gasteiger partial charge in [0.15, 0.2) is 0 Å². The van der Waals surface area contributed by atoms with E-state index in [1.165, 1.54) is 0 Å². The van der Waals surface area contributed by atoms with E-state index in [2.05, 4.69) is 9.98 Å². The molecule has 0 saturated heterocycles. The average molecular weight is 170 g/mol. The van der Waals surface area contributed by atoms with Crippen LogP contribution in [0.3, 0.4) is 0 Å². The number of rotatable bonds is 1. The van der Waals surface area contributed by atoms with Gasteiger partial charge in [0.2, 0.25) is 12.4 Å². The summed E-state index contributed by atoms with van der Waals surface area (Å²) >= 11 is 0. The highest BCUT2D eigenvalue weighted by Gasteiger charge is 2.15. The standard InChI is InChI=1S/C7H14N4O/c1-7(2,3)5(8)11-6(9)10-4-12/h4H,1-3H3,(H4,8,9,10,11,12). The molecule has 0 rings (SSSR count). The Morgan fingerprint density at radius 3 is 2.17 bits per heavy atom. The second kappa shape index (κ2) is 3.85. The van der Waals surface area contributed by atoms with Gasteiger partial charge in [-0.3, -0.25) is 4.79 Å². The molecule has 0 fully saturated rings. The fourth-order valence-corrected chi connectivity index (χ4v) is 0.374. The molecule has 0 radical (unpaired) electrons. The van der Waals surface area contributed by atoms with E-state index in [-0.39, 0.29) is 11.4 Å². The van der Waals surface area contributed by atoms with Crippen LogP contribution in [0.1, 0.15) is 20.8 Å². The molecule has 5 nitrogen and oxygen atoms in total. The van der Waals surface area contributed by atoms with Crippen molar-refractivity contribution >= 4 is 18.2 Å². The molecule has 0 aromatic carbocycles. The first-order valence-corrected chi connectivity index (χ1v) is 3.49. The first-order chi connectivity index (χ1) is 5.38. The zero-order chi connectivity index (χ0) is 9.78. The van der Waals surface area contributed by atoms with Gasteiger partial charge in [-0.25, -0.2) is 4.99 Å². The predicted octanol–water partition coefficient (Wildman–Crippen LogP) is -0.139. The topological polar surface area (TPSA) is 93.8 Å². The van der Waals surface area contributed by atoms with Gasteiger partial charge in [0, 0.05) is 5.41 Å². The lowest BCUT2D eigenvalue weighted by atomic mass is 9.95. The van der Waals surface area contributed by atoms with Crippen molar-refractivity contribution in [2.75, 3.05) is 0 Å². The molecule has 12 heavy (non-hydrogen) atoms. The van der Waals surface area contributed by atoms with E-state index in [9.17, 15) is 4.79 Å². The van der Waals surface area contributed by atoms with Crippen molar-refractivity contribution < 1.29 is 4.79 Å². The first kappa shape index (κ1) is 10.6. The van der Waals surface area contributed by atoms with Crippen LogP contribution in [0.5, 0.6) is 0 Å². The van der Waals surface area contributed by atoms with Crippen LogP contribution in [0.15, 0.2) is 9.98 Å². The van der Waals surface area contributed by atoms with Gasteiger partial charge < -0.3 is 11.5 Å². The number of nitrogens with zero attached hydrogens (tertiary/aromatic N) is 2. The maximum Gasteiger partial charge on any atom is 0.236 e. The van der Waals surface area contributed by atoms with Crippen molar-refractivity contribution in [1.29, 1.82) is 0 Å². The van der Waals surface area contributed by atoms with Crippen LogP contribution in [0, 0.1) is 5.41 Å². The Morgan fingerprint density at radius 2 is 1.83 bits per heavy atom. The summed E-state index contributed by atoms with van der Waals surface area (Å²) in [5.74, 6) is 0.239. The van der Waals surface area contributed by atoms with Crippen molar-refractivity contribution in [3.05, 3.63) is 0 Å². The Bertz CT molecular complexity index is 224. The number of nitrogens with two attached hydrogens (primary N) is 2. The van der Waals surface area contributed by atoms with Gasteiger partial charge >= 0.3 is 0 Å². The lowest BCUT2D eigenvalue weighted by Gasteiger charge is -2.16. The van der Waals surface area contributed by atoms with Gasteiger partial charge in [-0.05, 0) is 0 Å². The SMILES string of the molecule is CC(C)(C)C(N)=NC(N)=NC=O. The lowest BCUT2D eigenvalue weighted by Crippen LogP contribution is -2.31. The van der Waals surface area contributed by atoms with Crippen molar-refractivity contribution in [3.63, 3.8) is 0 Å². The molecule has 68 valence electrons. The Morgan fingerprint density at radius 1 is 1.33 bits per heavy atom. The molecule has 0 aliphatic heterocycles. The fourth-order valence-electron chi connectivity index (χ4n) is 0.374. The van der Waals surface area contributed by atoms with Crippen LogP contribution < -0.4 is 11.5 Å². The number of hydrogen-bond acceptors (Lipinski definition) is 1. The summed E-state index contributed by atoms with van der Waals surface area (Å²) in [6, 6.07) is 0. The van der Waals surface area contributed by atoms with E-state index >= 15 is 0 Å². The molecule has 0 unspecified atom stereocenters. The van der Waals surface area contributed by atoms with E-state index in [1.807, 2.05) is 20.8 Å². The van der Waals surface area contributed by atoms with E-state index in [0.29, 0.717) is 12.2 Å². The van der Waals surface area contributed by atoms with Gasteiger partial charge in [-0.1, -0.05) is 20.8 Å². The van der Waals surface area contributed by atoms with Crippen molar-refractivity contribution in [2.45, 2.75) is 20.8 Å². The van der Waals surface area contributed by atoms with Crippen molar-refractivity contribution in [2.24, 2.45) is 26.9 Å². The molecular formula is C7H14N4O. The van der Waals surface area contributed by atoms with Gasteiger partial charge in [-0.15, -0.1) is 0 Å². The second-order valence-electron chi connectivity index (χ2n) is 3.34. The third kappa shape index (κ3) is 3.70. The number of amidine groups is 1. The highest BCUT2D eigenvalue weighted by Crippen LogP contribution is 2.12. The maximum atomic E-state index is 9.87. The highest BCUT2D eigenvalue weighted by molar-refractivity contribution is 5.98. The third-order valence-electron chi connectivity index (χ3n) is 1.19. The molecule has 0 aromatic heterocycles. The summed E-state index contributed by atoms with van der Waals surface area (Å²) in [4.78, 5) is 16.8. The van der Waals surface area contributed by atoms with Gasteiger partial charge in [0.05, 0.1) is 0 Å². The number of aliphatic imine (C=N–C) groups is 2. The zero-order valence-electron chi connectivity index (χ0n) is 7.53. The molecule has 0 saturated carbocycles. The van der Waals surface area contributed by atoms with Gasteiger partial charge in [0.1, 0.15) is 5.84 Å². The quantitative estimate of drug-likeness (QED) is 0.326. The minimum absolute atomic E-state index is 0.113. The predicted molar refractivity (Wildman–Crippen MR) is 48.8 cm³/mol. The molecule has 0 aromatic rings. The average Bonchev–Trinajstić information content (AvgIpc) is 1.85. The molecule has 0 aliphatic carbocycles. The summed E-state index contributed by atoms with van der Waals surface area (Å²) in [6.45, 7) is 5.67. The van der Waals surface area contributed by atoms with E-state index in [4.69, 9.17) is 11.5 Å². The monoisotopic (exact) mass is 170 g/mol. The number of amides is 1. The number of hydrogen-bond donors (Lipinski definition) is 2. The molecule has 1 amide bonds. The molecule has 0 heterocycles. The normalized spacial score (nSPS) is 14.6. The summed E-state index contributed by atoms with van der Waals surface area (Å²) in [5, 5.41) is 0. The molecule has 0 spiro atoms. The molecule has 4 N–H and O–H groups in total. The number of guanidine groups is 1. The molecule has 0 bridgehead atoms. The maximum absolute atomic E-state index is 9.87. The summed E-state index contributed by atoms with van der Waals surface area (Å²) < 4.78 is 0. The van der Waals surface area contributed by atoms with Crippen LogP contribution in [-0.2, 0) is 4.79 Å². The van der Waals surface area contributed by atoms with Crippen LogP contribution in [-0.4, -0.2) is 18.2 Å². The van der Waals surface area contributed by atoms with E-state index in [0.717, 1.165) is 0 Å². The Kier molecular flexibility index (Phi) is 3.40. The first-order valence-electron chi connectivity index (χ1n) is 3.49. The second-order valence-corrected chi connectivity index (χ2v) is 3.34. The molecule has 0 atom stereocenters. The highest BCUT2D eigenvalue weighted by atomic mass is 16.1.